The molecule has 0 radical (unpaired) electrons. The number of hydrogen-bond donors (Lipinski definition) is 1. The van der Waals surface area contributed by atoms with Crippen LogP contribution in [-0.4, -0.2) is 55.7 Å². The first-order chi connectivity index (χ1) is 10.0. The summed E-state index contributed by atoms with van der Waals surface area (Å²) in [6.45, 7) is 7.77. The van der Waals surface area contributed by atoms with Gasteiger partial charge in [-0.1, -0.05) is 12.1 Å². The lowest BCUT2D eigenvalue weighted by molar-refractivity contribution is 0.127. The number of methoxy groups -OCH3 is 1. The number of nitrogens with zero attached hydrogens (tertiary/aromatic N) is 2. The molecule has 1 heterocycles. The van der Waals surface area contributed by atoms with Crippen LogP contribution < -0.4 is 10.5 Å². The molecule has 0 aliphatic carbocycles. The highest BCUT2D eigenvalue weighted by molar-refractivity contribution is 5.30. The van der Waals surface area contributed by atoms with Crippen LogP contribution in [0.5, 0.6) is 5.75 Å². The minimum Gasteiger partial charge on any atom is -0.497 e. The lowest BCUT2D eigenvalue weighted by Gasteiger charge is -2.38. The minimum absolute atomic E-state index is 0.101. The second-order valence-corrected chi connectivity index (χ2v) is 6.28. The topological polar surface area (TPSA) is 41.7 Å². The third-order valence-electron chi connectivity index (χ3n) is 4.41. The quantitative estimate of drug-likeness (QED) is 0.922. The van der Waals surface area contributed by atoms with Crippen molar-refractivity contribution < 1.29 is 4.74 Å². The van der Waals surface area contributed by atoms with E-state index < -0.39 is 0 Å². The molecule has 0 saturated carbocycles. The molecule has 0 aromatic heterocycles. The predicted octanol–water partition coefficient (Wildman–Crippen LogP) is 2.11. The Morgan fingerprint density at radius 3 is 2.48 bits per heavy atom. The van der Waals surface area contributed by atoms with Gasteiger partial charge in [-0.25, -0.2) is 0 Å². The second-order valence-electron chi connectivity index (χ2n) is 6.28. The Labute approximate surface area is 128 Å². The van der Waals surface area contributed by atoms with Crippen LogP contribution in [0.25, 0.3) is 0 Å². The van der Waals surface area contributed by atoms with Crippen LogP contribution in [0, 0.1) is 0 Å². The Morgan fingerprint density at radius 1 is 1.24 bits per heavy atom. The number of benzene rings is 1. The summed E-state index contributed by atoms with van der Waals surface area (Å²) in [4.78, 5) is 4.98. The molecule has 2 rings (SSSR count). The van der Waals surface area contributed by atoms with Gasteiger partial charge in [0.25, 0.3) is 0 Å². The van der Waals surface area contributed by atoms with E-state index in [9.17, 15) is 0 Å². The fourth-order valence-electron chi connectivity index (χ4n) is 3.40. The first-order valence-corrected chi connectivity index (χ1v) is 7.86. The third kappa shape index (κ3) is 3.96. The van der Waals surface area contributed by atoms with E-state index in [1.54, 1.807) is 7.11 Å². The predicted molar refractivity (Wildman–Crippen MR) is 87.7 cm³/mol. The number of likely N-dealkylation sites (N-methyl/N-ethyl adjacent to an activating group) is 1. The second kappa shape index (κ2) is 7.25. The normalized spacial score (nSPS) is 24.3. The van der Waals surface area contributed by atoms with E-state index in [4.69, 9.17) is 10.5 Å². The summed E-state index contributed by atoms with van der Waals surface area (Å²) >= 11 is 0. The van der Waals surface area contributed by atoms with E-state index in [1.165, 1.54) is 12.0 Å². The molecule has 2 N–H and O–H groups in total. The molecule has 1 fully saturated rings. The van der Waals surface area contributed by atoms with Gasteiger partial charge in [0.05, 0.1) is 7.11 Å². The molecule has 1 aromatic carbocycles. The van der Waals surface area contributed by atoms with Crippen LogP contribution in [0.15, 0.2) is 24.3 Å². The molecule has 1 aliphatic heterocycles. The van der Waals surface area contributed by atoms with Gasteiger partial charge in [-0.2, -0.15) is 0 Å². The van der Waals surface area contributed by atoms with E-state index in [1.807, 2.05) is 12.1 Å². The molecule has 1 aromatic rings. The smallest absolute Gasteiger partial charge is 0.118 e. The van der Waals surface area contributed by atoms with E-state index in [2.05, 4.69) is 42.8 Å². The Balaban J connectivity index is 2.24. The molecule has 3 unspecified atom stereocenters. The van der Waals surface area contributed by atoms with Crippen molar-refractivity contribution >= 4 is 0 Å². The van der Waals surface area contributed by atoms with Crippen molar-refractivity contribution in [2.45, 2.75) is 38.4 Å². The molecule has 1 aliphatic rings. The lowest BCUT2D eigenvalue weighted by atomic mass is 9.97. The number of ether oxygens (including phenoxy) is 1. The SMILES string of the molecule is COc1ccc(C(C(C)N)N2CCCN(C)CC2C)cc1. The number of nitrogens with two attached hydrogens (primary N) is 1. The average molecular weight is 291 g/mol. The Hall–Kier alpha value is -1.10. The standard InChI is InChI=1S/C17H29N3O/c1-13-12-19(3)10-5-11-20(13)17(14(2)18)15-6-8-16(21-4)9-7-15/h6-9,13-14,17H,5,10-12,18H2,1-4H3. The number of hydrogen-bond acceptors (Lipinski definition) is 4. The van der Waals surface area contributed by atoms with Crippen LogP contribution in [-0.2, 0) is 0 Å². The van der Waals surface area contributed by atoms with Gasteiger partial charge < -0.3 is 15.4 Å². The summed E-state index contributed by atoms with van der Waals surface area (Å²) in [6.07, 6.45) is 1.19. The van der Waals surface area contributed by atoms with Crippen molar-refractivity contribution in [3.8, 4) is 5.75 Å². The molecule has 118 valence electrons. The zero-order valence-corrected chi connectivity index (χ0v) is 13.7. The minimum atomic E-state index is 0.101. The van der Waals surface area contributed by atoms with Crippen molar-refractivity contribution in [1.29, 1.82) is 0 Å². The molecule has 4 heteroatoms. The first-order valence-electron chi connectivity index (χ1n) is 7.86. The molecule has 3 atom stereocenters. The van der Waals surface area contributed by atoms with Gasteiger partial charge in [-0.3, -0.25) is 4.90 Å². The third-order valence-corrected chi connectivity index (χ3v) is 4.41. The van der Waals surface area contributed by atoms with Crippen LogP contribution >= 0.6 is 0 Å². The molecule has 0 bridgehead atoms. The monoisotopic (exact) mass is 291 g/mol. The maximum atomic E-state index is 6.33. The van der Waals surface area contributed by atoms with Crippen LogP contribution in [0.4, 0.5) is 0 Å². The van der Waals surface area contributed by atoms with Crippen molar-refractivity contribution in [2.75, 3.05) is 33.8 Å². The fourth-order valence-corrected chi connectivity index (χ4v) is 3.40. The van der Waals surface area contributed by atoms with Crippen LogP contribution in [0.3, 0.4) is 0 Å². The average Bonchev–Trinajstić information content (AvgIpc) is 2.61. The Bertz CT molecular complexity index is 432. The van der Waals surface area contributed by atoms with Crippen LogP contribution in [0.1, 0.15) is 31.9 Å². The van der Waals surface area contributed by atoms with E-state index in [0.29, 0.717) is 6.04 Å². The highest BCUT2D eigenvalue weighted by Gasteiger charge is 2.29. The summed E-state index contributed by atoms with van der Waals surface area (Å²) in [5.74, 6) is 0.894. The van der Waals surface area contributed by atoms with Crippen molar-refractivity contribution in [3.05, 3.63) is 29.8 Å². The van der Waals surface area contributed by atoms with Gasteiger partial charge in [0.15, 0.2) is 0 Å². The summed E-state index contributed by atoms with van der Waals surface area (Å²) in [7, 11) is 3.90. The number of rotatable bonds is 4. The molecule has 4 nitrogen and oxygen atoms in total. The lowest BCUT2D eigenvalue weighted by Crippen LogP contribution is -2.46. The zero-order chi connectivity index (χ0) is 15.4. The molecule has 0 spiro atoms. The van der Waals surface area contributed by atoms with Gasteiger partial charge in [-0.15, -0.1) is 0 Å². The maximum absolute atomic E-state index is 6.33. The summed E-state index contributed by atoms with van der Waals surface area (Å²) in [5.41, 5.74) is 7.61. The molecule has 1 saturated heterocycles. The highest BCUT2D eigenvalue weighted by Crippen LogP contribution is 2.28. The fraction of sp³-hybridized carbons (Fsp3) is 0.647. The maximum Gasteiger partial charge on any atom is 0.118 e. The van der Waals surface area contributed by atoms with E-state index >= 15 is 0 Å². The van der Waals surface area contributed by atoms with Gasteiger partial charge in [0.1, 0.15) is 5.75 Å². The highest BCUT2D eigenvalue weighted by atomic mass is 16.5. The van der Waals surface area contributed by atoms with Gasteiger partial charge in [-0.05, 0) is 51.6 Å². The van der Waals surface area contributed by atoms with Gasteiger partial charge in [0, 0.05) is 31.2 Å². The summed E-state index contributed by atoms with van der Waals surface area (Å²) in [5, 5.41) is 0. The van der Waals surface area contributed by atoms with Gasteiger partial charge >= 0.3 is 0 Å². The largest absolute Gasteiger partial charge is 0.497 e. The molecular weight excluding hydrogens is 262 g/mol. The molecule has 21 heavy (non-hydrogen) atoms. The van der Waals surface area contributed by atoms with Gasteiger partial charge in [0.2, 0.25) is 0 Å². The van der Waals surface area contributed by atoms with Crippen LogP contribution in [0.2, 0.25) is 0 Å². The summed E-state index contributed by atoms with van der Waals surface area (Å²) in [6, 6.07) is 9.22. The molecule has 0 amide bonds. The van der Waals surface area contributed by atoms with Crippen molar-refractivity contribution in [3.63, 3.8) is 0 Å². The summed E-state index contributed by atoms with van der Waals surface area (Å²) < 4.78 is 5.26. The molecular formula is C17H29N3O. The van der Waals surface area contributed by atoms with E-state index in [-0.39, 0.29) is 12.1 Å². The Kier molecular flexibility index (Phi) is 5.62. The van der Waals surface area contributed by atoms with E-state index in [0.717, 1.165) is 25.4 Å². The Morgan fingerprint density at radius 2 is 1.90 bits per heavy atom. The first kappa shape index (κ1) is 16.3. The van der Waals surface area contributed by atoms with Crippen molar-refractivity contribution in [2.24, 2.45) is 5.73 Å². The zero-order valence-electron chi connectivity index (χ0n) is 13.7. The van der Waals surface area contributed by atoms with Crippen molar-refractivity contribution in [1.82, 2.24) is 9.80 Å².